The number of ether oxygens (including phenoxy) is 2. The lowest BCUT2D eigenvalue weighted by molar-refractivity contribution is -0.232. The zero-order chi connectivity index (χ0) is 19.6. The van der Waals surface area contributed by atoms with Crippen molar-refractivity contribution in [3.63, 3.8) is 0 Å². The summed E-state index contributed by atoms with van der Waals surface area (Å²) in [6.45, 7) is 2.86. The molecule has 0 aliphatic heterocycles. The van der Waals surface area contributed by atoms with Crippen LogP contribution in [0, 0.1) is 6.92 Å². The summed E-state index contributed by atoms with van der Waals surface area (Å²) in [6, 6.07) is 5.76. The second-order valence-corrected chi connectivity index (χ2v) is 7.65. The molecular formula is C16H22O9S. The van der Waals surface area contributed by atoms with E-state index in [0.29, 0.717) is 0 Å². The van der Waals surface area contributed by atoms with Crippen LogP contribution in [0.4, 0.5) is 0 Å². The number of rotatable bonds is 5. The lowest BCUT2D eigenvalue weighted by Gasteiger charge is -2.43. The van der Waals surface area contributed by atoms with Crippen molar-refractivity contribution in [2.75, 3.05) is 7.11 Å². The number of carbonyl (C=O) groups is 1. The number of esters is 1. The Morgan fingerprint density at radius 1 is 0.962 bits per heavy atom. The summed E-state index contributed by atoms with van der Waals surface area (Å²) in [4.78, 5) is 11.0. The van der Waals surface area contributed by atoms with Crippen LogP contribution in [0.1, 0.15) is 12.5 Å². The third kappa shape index (κ3) is 4.22. The van der Waals surface area contributed by atoms with E-state index in [-0.39, 0.29) is 4.90 Å². The molecule has 1 saturated carbocycles. The van der Waals surface area contributed by atoms with Gasteiger partial charge in [-0.05, 0) is 19.1 Å². The predicted molar refractivity (Wildman–Crippen MR) is 87.6 cm³/mol. The van der Waals surface area contributed by atoms with Crippen LogP contribution < -0.4 is 0 Å². The third-order valence-corrected chi connectivity index (χ3v) is 5.47. The molecule has 0 spiro atoms. The van der Waals surface area contributed by atoms with Crippen molar-refractivity contribution in [1.29, 1.82) is 0 Å². The van der Waals surface area contributed by atoms with Gasteiger partial charge in [0.2, 0.25) is 0 Å². The number of aliphatic hydroxyl groups is 3. The fourth-order valence-corrected chi connectivity index (χ4v) is 3.89. The van der Waals surface area contributed by atoms with Gasteiger partial charge in [-0.25, -0.2) is 0 Å². The van der Waals surface area contributed by atoms with Crippen molar-refractivity contribution in [3.05, 3.63) is 29.8 Å². The Bertz CT molecular complexity index is 731. The van der Waals surface area contributed by atoms with E-state index in [9.17, 15) is 28.5 Å². The third-order valence-electron chi connectivity index (χ3n) is 4.14. The zero-order valence-corrected chi connectivity index (χ0v) is 15.3. The maximum Gasteiger partial charge on any atom is 0.303 e. The summed E-state index contributed by atoms with van der Waals surface area (Å²) in [6.07, 6.45) is -9.62. The summed E-state index contributed by atoms with van der Waals surface area (Å²) in [7, 11) is -3.15. The maximum absolute atomic E-state index is 12.4. The van der Waals surface area contributed by atoms with Gasteiger partial charge in [-0.1, -0.05) is 17.7 Å². The molecular weight excluding hydrogens is 368 g/mol. The second kappa shape index (κ2) is 7.99. The van der Waals surface area contributed by atoms with Crippen molar-refractivity contribution in [3.8, 4) is 0 Å². The minimum Gasteiger partial charge on any atom is -0.457 e. The standard InChI is InChI=1S/C16H22O9S/c1-8-4-6-10(7-5-8)26(21,22)25-14-11(18)12(19)16(24-9(2)17)15(23-3)13(14)20/h4-7,11-16,18-20H,1-3H3/t11-,12+,13-,14+,15+,16-/m1/s1. The van der Waals surface area contributed by atoms with Gasteiger partial charge in [-0.2, -0.15) is 8.42 Å². The smallest absolute Gasteiger partial charge is 0.303 e. The number of aryl methyl sites for hydroxylation is 1. The first-order valence-corrected chi connectivity index (χ1v) is 9.23. The molecule has 0 radical (unpaired) electrons. The average Bonchev–Trinajstić information content (AvgIpc) is 2.57. The van der Waals surface area contributed by atoms with Crippen LogP contribution in [0.5, 0.6) is 0 Å². The summed E-state index contributed by atoms with van der Waals surface area (Å²) in [5.41, 5.74) is 0.834. The van der Waals surface area contributed by atoms with Crippen LogP contribution in [0.25, 0.3) is 0 Å². The van der Waals surface area contributed by atoms with Gasteiger partial charge >= 0.3 is 5.97 Å². The summed E-state index contributed by atoms with van der Waals surface area (Å²) >= 11 is 0. The summed E-state index contributed by atoms with van der Waals surface area (Å²) in [5, 5.41) is 30.8. The van der Waals surface area contributed by atoms with Crippen LogP contribution in [-0.4, -0.2) is 73.4 Å². The number of methoxy groups -OCH3 is 1. The van der Waals surface area contributed by atoms with Crippen LogP contribution >= 0.6 is 0 Å². The largest absolute Gasteiger partial charge is 0.457 e. The first-order valence-electron chi connectivity index (χ1n) is 7.82. The van der Waals surface area contributed by atoms with Crippen molar-refractivity contribution < 1.29 is 42.2 Å². The van der Waals surface area contributed by atoms with Gasteiger partial charge in [0.15, 0.2) is 6.10 Å². The molecule has 1 aliphatic rings. The van der Waals surface area contributed by atoms with Crippen LogP contribution in [-0.2, 0) is 28.6 Å². The Kier molecular flexibility index (Phi) is 6.37. The van der Waals surface area contributed by atoms with Gasteiger partial charge in [0.1, 0.15) is 30.5 Å². The molecule has 6 atom stereocenters. The molecule has 0 saturated heterocycles. The molecule has 9 nitrogen and oxygen atoms in total. The number of benzene rings is 1. The van der Waals surface area contributed by atoms with E-state index in [1.807, 2.05) is 0 Å². The van der Waals surface area contributed by atoms with Gasteiger partial charge in [0, 0.05) is 14.0 Å². The molecule has 1 fully saturated rings. The molecule has 1 aromatic carbocycles. The zero-order valence-electron chi connectivity index (χ0n) is 14.5. The molecule has 3 N–H and O–H groups in total. The quantitative estimate of drug-likeness (QED) is 0.431. The Balaban J connectivity index is 2.28. The maximum atomic E-state index is 12.4. The van der Waals surface area contributed by atoms with Crippen LogP contribution in [0.2, 0.25) is 0 Å². The van der Waals surface area contributed by atoms with Gasteiger partial charge in [-0.15, -0.1) is 0 Å². The number of hydrogen-bond donors (Lipinski definition) is 3. The fraction of sp³-hybridized carbons (Fsp3) is 0.562. The topological polar surface area (TPSA) is 140 Å². The lowest BCUT2D eigenvalue weighted by atomic mass is 9.84. The Hall–Kier alpha value is -1.56. The highest BCUT2D eigenvalue weighted by atomic mass is 32.2. The van der Waals surface area contributed by atoms with E-state index >= 15 is 0 Å². The molecule has 0 bridgehead atoms. The molecule has 1 aromatic rings. The van der Waals surface area contributed by atoms with Crippen molar-refractivity contribution in [2.45, 2.75) is 55.4 Å². The SMILES string of the molecule is CO[C@H]1[C@H](O)[C@@H](OS(=O)(=O)c2ccc(C)cc2)[C@H](O)[C@H](O)[C@H]1OC(C)=O. The van der Waals surface area contributed by atoms with E-state index in [2.05, 4.69) is 0 Å². The number of aliphatic hydroxyl groups excluding tert-OH is 3. The monoisotopic (exact) mass is 390 g/mol. The molecule has 0 heterocycles. The predicted octanol–water partition coefficient (Wildman–Crippen LogP) is -0.888. The van der Waals surface area contributed by atoms with Gasteiger partial charge in [-0.3, -0.25) is 8.98 Å². The van der Waals surface area contributed by atoms with Crippen LogP contribution in [0.3, 0.4) is 0 Å². The number of hydrogen-bond acceptors (Lipinski definition) is 9. The van der Waals surface area contributed by atoms with E-state index in [1.54, 1.807) is 19.1 Å². The minimum absolute atomic E-state index is 0.173. The summed E-state index contributed by atoms with van der Waals surface area (Å²) < 4.78 is 39.7. The molecule has 0 aromatic heterocycles. The normalized spacial score (nSPS) is 32.2. The Morgan fingerprint density at radius 2 is 1.50 bits per heavy atom. The minimum atomic E-state index is -4.33. The molecule has 26 heavy (non-hydrogen) atoms. The number of carbonyl (C=O) groups excluding carboxylic acids is 1. The van der Waals surface area contributed by atoms with E-state index in [0.717, 1.165) is 12.5 Å². The molecule has 0 amide bonds. The Morgan fingerprint density at radius 3 is 2.00 bits per heavy atom. The highest BCUT2D eigenvalue weighted by Crippen LogP contribution is 2.30. The lowest BCUT2D eigenvalue weighted by Crippen LogP contribution is -2.66. The van der Waals surface area contributed by atoms with Gasteiger partial charge in [0.05, 0.1) is 4.90 Å². The van der Waals surface area contributed by atoms with E-state index in [1.165, 1.54) is 19.2 Å². The van der Waals surface area contributed by atoms with Gasteiger partial charge in [0.25, 0.3) is 10.1 Å². The highest BCUT2D eigenvalue weighted by molar-refractivity contribution is 7.86. The van der Waals surface area contributed by atoms with Crippen molar-refractivity contribution in [1.82, 2.24) is 0 Å². The molecule has 146 valence electrons. The average molecular weight is 390 g/mol. The fourth-order valence-electron chi connectivity index (χ4n) is 2.79. The highest BCUT2D eigenvalue weighted by Gasteiger charge is 2.53. The van der Waals surface area contributed by atoms with Crippen molar-refractivity contribution in [2.24, 2.45) is 0 Å². The Labute approximate surface area is 151 Å². The molecule has 10 heteroatoms. The first-order chi connectivity index (χ1) is 12.1. The van der Waals surface area contributed by atoms with E-state index in [4.69, 9.17) is 13.7 Å². The van der Waals surface area contributed by atoms with Gasteiger partial charge < -0.3 is 24.8 Å². The molecule has 2 rings (SSSR count). The van der Waals surface area contributed by atoms with Crippen LogP contribution in [0.15, 0.2) is 29.2 Å². The first kappa shape index (κ1) is 20.7. The van der Waals surface area contributed by atoms with Crippen molar-refractivity contribution >= 4 is 16.1 Å². The molecule has 0 unspecified atom stereocenters. The molecule has 1 aliphatic carbocycles. The second-order valence-electron chi connectivity index (χ2n) is 6.07. The summed E-state index contributed by atoms with van der Waals surface area (Å²) in [5.74, 6) is -0.762. The van der Waals surface area contributed by atoms with E-state index < -0.39 is 52.7 Å².